The number of nitrogens with zero attached hydrogens (tertiary/aromatic N) is 1. The first-order chi connectivity index (χ1) is 11.8. The number of hydrogen-bond donors (Lipinski definition) is 0. The number of carbonyl (C=O) groups excluding carboxylic acids is 1. The standard InChI is InChI=1S/C18H17ClFNO3S/c1-12(22)13-4-2-5-15(10-13)25(23,24)21(14-8-9-14)11-16-17(19)6-3-7-18(16)20/h2-7,10,14H,8-9,11H2,1H3. The summed E-state index contributed by atoms with van der Waals surface area (Å²) >= 11 is 6.06. The van der Waals surface area contributed by atoms with Gasteiger partial charge < -0.3 is 0 Å². The molecule has 7 heteroatoms. The lowest BCUT2D eigenvalue weighted by Crippen LogP contribution is -2.33. The van der Waals surface area contributed by atoms with Crippen molar-refractivity contribution in [3.05, 3.63) is 64.4 Å². The third kappa shape index (κ3) is 3.76. The zero-order chi connectivity index (χ0) is 18.2. The zero-order valence-corrected chi connectivity index (χ0v) is 15.1. The Morgan fingerprint density at radius 2 is 1.92 bits per heavy atom. The van der Waals surface area contributed by atoms with E-state index in [1.807, 2.05) is 0 Å². The molecule has 0 unspecified atom stereocenters. The minimum absolute atomic E-state index is 0.0274. The van der Waals surface area contributed by atoms with Crippen LogP contribution in [0.25, 0.3) is 0 Å². The average Bonchev–Trinajstić information content (AvgIpc) is 3.39. The highest BCUT2D eigenvalue weighted by Crippen LogP contribution is 2.35. The van der Waals surface area contributed by atoms with Gasteiger partial charge >= 0.3 is 0 Å². The number of Topliss-reactive ketones (excluding diaryl/α,β-unsaturated/α-hetero) is 1. The highest BCUT2D eigenvalue weighted by molar-refractivity contribution is 7.89. The Morgan fingerprint density at radius 3 is 2.52 bits per heavy atom. The van der Waals surface area contributed by atoms with Crippen LogP contribution in [0.2, 0.25) is 5.02 Å². The fraction of sp³-hybridized carbons (Fsp3) is 0.278. The molecule has 1 saturated carbocycles. The van der Waals surface area contributed by atoms with Gasteiger partial charge in [-0.25, -0.2) is 12.8 Å². The second-order valence-electron chi connectivity index (χ2n) is 6.07. The SMILES string of the molecule is CC(=O)c1cccc(S(=O)(=O)N(Cc2c(F)cccc2Cl)C2CC2)c1. The van der Waals surface area contributed by atoms with Crippen LogP contribution in [0.4, 0.5) is 4.39 Å². The second kappa shape index (κ2) is 6.86. The number of sulfonamides is 1. The van der Waals surface area contributed by atoms with Crippen molar-refractivity contribution < 1.29 is 17.6 Å². The van der Waals surface area contributed by atoms with Gasteiger partial charge in [-0.15, -0.1) is 0 Å². The lowest BCUT2D eigenvalue weighted by atomic mass is 10.2. The van der Waals surface area contributed by atoms with Crippen molar-refractivity contribution in [2.24, 2.45) is 0 Å². The Labute approximate surface area is 151 Å². The van der Waals surface area contributed by atoms with Gasteiger partial charge in [0.25, 0.3) is 0 Å². The largest absolute Gasteiger partial charge is 0.295 e. The molecule has 0 aliphatic heterocycles. The lowest BCUT2D eigenvalue weighted by molar-refractivity contribution is 0.101. The molecule has 0 N–H and O–H groups in total. The molecule has 1 fully saturated rings. The number of carbonyl (C=O) groups is 1. The Balaban J connectivity index is 2.00. The van der Waals surface area contributed by atoms with E-state index in [2.05, 4.69) is 0 Å². The third-order valence-corrected chi connectivity index (χ3v) is 6.43. The van der Waals surface area contributed by atoms with E-state index in [1.54, 1.807) is 6.07 Å². The van der Waals surface area contributed by atoms with Gasteiger partial charge in [0.15, 0.2) is 5.78 Å². The number of ketones is 1. The third-order valence-electron chi connectivity index (χ3n) is 4.18. The predicted octanol–water partition coefficient (Wildman–Crippen LogP) is 4.04. The van der Waals surface area contributed by atoms with Crippen LogP contribution in [-0.2, 0) is 16.6 Å². The van der Waals surface area contributed by atoms with Crippen molar-refractivity contribution in [3.63, 3.8) is 0 Å². The van der Waals surface area contributed by atoms with Gasteiger partial charge in [-0.05, 0) is 44.0 Å². The molecule has 3 rings (SSSR count). The van der Waals surface area contributed by atoms with Gasteiger partial charge in [-0.2, -0.15) is 4.31 Å². The molecule has 0 spiro atoms. The molecular weight excluding hydrogens is 365 g/mol. The van der Waals surface area contributed by atoms with E-state index in [9.17, 15) is 17.6 Å². The molecule has 0 amide bonds. The summed E-state index contributed by atoms with van der Waals surface area (Å²) in [5.74, 6) is -0.752. The van der Waals surface area contributed by atoms with Crippen LogP contribution in [0.15, 0.2) is 47.4 Å². The lowest BCUT2D eigenvalue weighted by Gasteiger charge is -2.23. The van der Waals surface area contributed by atoms with Gasteiger partial charge in [0.2, 0.25) is 10.0 Å². The number of hydrogen-bond acceptors (Lipinski definition) is 3. The highest BCUT2D eigenvalue weighted by atomic mass is 35.5. The molecule has 4 nitrogen and oxygen atoms in total. The smallest absolute Gasteiger partial charge is 0.243 e. The van der Waals surface area contributed by atoms with Gasteiger partial charge in [-0.3, -0.25) is 4.79 Å². The second-order valence-corrected chi connectivity index (χ2v) is 8.36. The summed E-state index contributed by atoms with van der Waals surface area (Å²) in [4.78, 5) is 11.6. The summed E-state index contributed by atoms with van der Waals surface area (Å²) < 4.78 is 41.5. The Kier molecular flexibility index (Phi) is 4.95. The average molecular weight is 382 g/mol. The molecule has 0 atom stereocenters. The van der Waals surface area contributed by atoms with Crippen molar-refractivity contribution in [2.45, 2.75) is 37.2 Å². The molecule has 0 saturated heterocycles. The van der Waals surface area contributed by atoms with Crippen molar-refractivity contribution in [3.8, 4) is 0 Å². The van der Waals surface area contributed by atoms with Crippen LogP contribution in [0.1, 0.15) is 35.7 Å². The summed E-state index contributed by atoms with van der Waals surface area (Å²) in [6.07, 6.45) is 1.44. The Hall–Kier alpha value is -1.76. The van der Waals surface area contributed by atoms with Crippen LogP contribution in [0, 0.1) is 5.82 Å². The number of halogens is 2. The van der Waals surface area contributed by atoms with Gasteiger partial charge in [0.05, 0.1) is 4.90 Å². The molecule has 0 heterocycles. The van der Waals surface area contributed by atoms with Gasteiger partial charge in [-0.1, -0.05) is 29.8 Å². The maximum atomic E-state index is 14.1. The molecule has 1 aliphatic carbocycles. The zero-order valence-electron chi connectivity index (χ0n) is 13.6. The topological polar surface area (TPSA) is 54.5 Å². The van der Waals surface area contributed by atoms with Crippen LogP contribution < -0.4 is 0 Å². The van der Waals surface area contributed by atoms with Crippen LogP contribution in [0.3, 0.4) is 0 Å². The minimum atomic E-state index is -3.87. The Morgan fingerprint density at radius 1 is 1.24 bits per heavy atom. The molecule has 2 aromatic carbocycles. The maximum Gasteiger partial charge on any atom is 0.243 e. The summed E-state index contributed by atoms with van der Waals surface area (Å²) in [5.41, 5.74) is 0.475. The molecule has 132 valence electrons. The minimum Gasteiger partial charge on any atom is -0.295 e. The van der Waals surface area contributed by atoms with Crippen molar-refractivity contribution in [1.82, 2.24) is 4.31 Å². The molecular formula is C18H17ClFNO3S. The first-order valence-corrected chi connectivity index (χ1v) is 9.68. The van der Waals surface area contributed by atoms with E-state index >= 15 is 0 Å². The van der Waals surface area contributed by atoms with Crippen LogP contribution in [-0.4, -0.2) is 24.5 Å². The quantitative estimate of drug-likeness (QED) is 0.710. The molecule has 1 aliphatic rings. The molecule has 0 bridgehead atoms. The first kappa shape index (κ1) is 18.0. The van der Waals surface area contributed by atoms with Crippen molar-refractivity contribution >= 4 is 27.4 Å². The van der Waals surface area contributed by atoms with E-state index in [4.69, 9.17) is 11.6 Å². The maximum absolute atomic E-state index is 14.1. The summed E-state index contributed by atoms with van der Waals surface area (Å²) in [5, 5.41) is 0.193. The molecule has 0 radical (unpaired) electrons. The van der Waals surface area contributed by atoms with E-state index in [0.717, 1.165) is 12.8 Å². The normalized spacial score (nSPS) is 14.7. The highest BCUT2D eigenvalue weighted by Gasteiger charge is 2.39. The Bertz CT molecular complexity index is 905. The van der Waals surface area contributed by atoms with Crippen LogP contribution >= 0.6 is 11.6 Å². The fourth-order valence-corrected chi connectivity index (χ4v) is 4.55. The molecule has 2 aromatic rings. The summed E-state index contributed by atoms with van der Waals surface area (Å²) in [7, 11) is -3.87. The summed E-state index contributed by atoms with van der Waals surface area (Å²) in [6.45, 7) is 1.24. The fourth-order valence-electron chi connectivity index (χ4n) is 2.62. The summed E-state index contributed by atoms with van der Waals surface area (Å²) in [6, 6.07) is 10.00. The molecule has 0 aromatic heterocycles. The molecule has 25 heavy (non-hydrogen) atoms. The first-order valence-electron chi connectivity index (χ1n) is 7.86. The van der Waals surface area contributed by atoms with Crippen LogP contribution in [0.5, 0.6) is 0 Å². The van der Waals surface area contributed by atoms with E-state index in [-0.39, 0.29) is 33.9 Å². The monoisotopic (exact) mass is 381 g/mol. The predicted molar refractivity (Wildman–Crippen MR) is 93.6 cm³/mol. The van der Waals surface area contributed by atoms with Crippen molar-refractivity contribution in [2.75, 3.05) is 0 Å². The van der Waals surface area contributed by atoms with Gasteiger partial charge in [0, 0.05) is 28.7 Å². The number of rotatable bonds is 6. The van der Waals surface area contributed by atoms with Crippen molar-refractivity contribution in [1.29, 1.82) is 0 Å². The van der Waals surface area contributed by atoms with E-state index in [1.165, 1.54) is 47.6 Å². The number of benzene rings is 2. The van der Waals surface area contributed by atoms with Gasteiger partial charge in [0.1, 0.15) is 5.82 Å². The van der Waals surface area contributed by atoms with E-state index < -0.39 is 15.8 Å². The van der Waals surface area contributed by atoms with E-state index in [0.29, 0.717) is 5.56 Å².